The molecule has 0 saturated heterocycles. The number of hydrogen-bond acceptors (Lipinski definition) is 5. The second-order valence-electron chi connectivity index (χ2n) is 4.55. The van der Waals surface area contributed by atoms with Crippen molar-refractivity contribution in [2.45, 2.75) is 0 Å². The number of pyridine rings is 1. The van der Waals surface area contributed by atoms with E-state index in [1.807, 2.05) is 49.5 Å². The molecule has 3 rings (SSSR count). The van der Waals surface area contributed by atoms with Crippen molar-refractivity contribution in [3.63, 3.8) is 0 Å². The lowest BCUT2D eigenvalue weighted by molar-refractivity contribution is 0.567. The Kier molecular flexibility index (Phi) is 3.12. The highest BCUT2D eigenvalue weighted by atomic mass is 15.3. The van der Waals surface area contributed by atoms with Crippen LogP contribution in [0.3, 0.4) is 0 Å². The van der Waals surface area contributed by atoms with Crippen molar-refractivity contribution in [3.8, 4) is 11.3 Å². The summed E-state index contributed by atoms with van der Waals surface area (Å²) < 4.78 is 1.72. The highest BCUT2D eigenvalue weighted by Gasteiger charge is 2.08. The third-order valence-electron chi connectivity index (χ3n) is 2.79. The zero-order valence-corrected chi connectivity index (χ0v) is 11.3. The summed E-state index contributed by atoms with van der Waals surface area (Å²) in [6.45, 7) is 0. The molecule has 0 radical (unpaired) electrons. The summed E-state index contributed by atoms with van der Waals surface area (Å²) in [4.78, 5) is 14.6. The van der Waals surface area contributed by atoms with Crippen LogP contribution in [0.25, 0.3) is 23.1 Å². The summed E-state index contributed by atoms with van der Waals surface area (Å²) in [6.07, 6.45) is 8.92. The Balaban J connectivity index is 2.17. The molecule has 3 aromatic heterocycles. The van der Waals surface area contributed by atoms with Crippen LogP contribution < -0.4 is 0 Å². The number of nitrogens with zero attached hydrogens (tertiary/aromatic N) is 6. The van der Waals surface area contributed by atoms with Gasteiger partial charge in [-0.1, -0.05) is 0 Å². The van der Waals surface area contributed by atoms with Gasteiger partial charge in [0.05, 0.1) is 11.4 Å². The molecule has 0 saturated carbocycles. The van der Waals surface area contributed by atoms with E-state index in [2.05, 4.69) is 20.1 Å². The molecule has 0 unspecified atom stereocenters. The average molecular weight is 266 g/mol. The number of aromatic nitrogens is 5. The fourth-order valence-corrected chi connectivity index (χ4v) is 1.87. The van der Waals surface area contributed by atoms with E-state index in [4.69, 9.17) is 0 Å². The number of rotatable bonds is 3. The summed E-state index contributed by atoms with van der Waals surface area (Å²) in [5.74, 6) is 0.581. The molecule has 0 fully saturated rings. The normalized spacial score (nSPS) is 11.3. The second-order valence-corrected chi connectivity index (χ2v) is 4.55. The van der Waals surface area contributed by atoms with Crippen molar-refractivity contribution in [2.75, 3.05) is 14.1 Å². The van der Waals surface area contributed by atoms with Gasteiger partial charge in [0.1, 0.15) is 6.33 Å². The summed E-state index contributed by atoms with van der Waals surface area (Å²) in [5, 5.41) is 4.22. The molecule has 0 N–H and O–H groups in total. The van der Waals surface area contributed by atoms with Crippen LogP contribution in [0.5, 0.6) is 0 Å². The van der Waals surface area contributed by atoms with Gasteiger partial charge in [-0.05, 0) is 24.3 Å². The molecule has 0 aliphatic carbocycles. The van der Waals surface area contributed by atoms with Gasteiger partial charge >= 0.3 is 0 Å². The van der Waals surface area contributed by atoms with E-state index >= 15 is 0 Å². The first-order chi connectivity index (χ1) is 9.74. The Labute approximate surface area is 116 Å². The van der Waals surface area contributed by atoms with E-state index in [1.165, 1.54) is 6.33 Å². The van der Waals surface area contributed by atoms with E-state index in [0.29, 0.717) is 5.78 Å². The molecule has 0 aromatic carbocycles. The summed E-state index contributed by atoms with van der Waals surface area (Å²) in [5.41, 5.74) is 2.80. The van der Waals surface area contributed by atoms with Crippen LogP contribution in [-0.2, 0) is 0 Å². The minimum atomic E-state index is 0.581. The monoisotopic (exact) mass is 266 g/mol. The topological polar surface area (TPSA) is 59.2 Å². The molecule has 0 amide bonds. The lowest BCUT2D eigenvalue weighted by Gasteiger charge is -2.06. The van der Waals surface area contributed by atoms with Crippen LogP contribution in [0.1, 0.15) is 5.69 Å². The number of fused-ring (bicyclic) bond motifs is 1. The van der Waals surface area contributed by atoms with Crippen LogP contribution in [0, 0.1) is 0 Å². The van der Waals surface area contributed by atoms with Gasteiger partial charge in [0, 0.05) is 38.3 Å². The average Bonchev–Trinajstić information content (AvgIpc) is 2.93. The fourth-order valence-electron chi connectivity index (χ4n) is 1.87. The molecule has 3 aromatic rings. The Hall–Kier alpha value is -2.76. The van der Waals surface area contributed by atoms with E-state index in [9.17, 15) is 0 Å². The van der Waals surface area contributed by atoms with Crippen LogP contribution >= 0.6 is 0 Å². The predicted molar refractivity (Wildman–Crippen MR) is 76.7 cm³/mol. The smallest absolute Gasteiger partial charge is 0.253 e. The maximum atomic E-state index is 4.45. The standard InChI is InChI=1S/C14H14N6/c1-19(2)8-5-12-9-13(11-3-6-15-7-4-11)20-14(18-12)16-10-17-20/h3-10H,1-2H3. The molecular weight excluding hydrogens is 252 g/mol. The maximum absolute atomic E-state index is 4.45. The summed E-state index contributed by atoms with van der Waals surface area (Å²) in [7, 11) is 3.94. The third-order valence-corrected chi connectivity index (χ3v) is 2.79. The van der Waals surface area contributed by atoms with Crippen molar-refractivity contribution >= 4 is 11.9 Å². The first-order valence-electron chi connectivity index (χ1n) is 6.20. The van der Waals surface area contributed by atoms with Crippen molar-refractivity contribution in [1.82, 2.24) is 29.5 Å². The van der Waals surface area contributed by atoms with Crippen molar-refractivity contribution < 1.29 is 0 Å². The van der Waals surface area contributed by atoms with Gasteiger partial charge in [0.2, 0.25) is 0 Å². The van der Waals surface area contributed by atoms with E-state index in [-0.39, 0.29) is 0 Å². The fraction of sp³-hybridized carbons (Fsp3) is 0.143. The first-order valence-corrected chi connectivity index (χ1v) is 6.20. The maximum Gasteiger partial charge on any atom is 0.253 e. The minimum absolute atomic E-state index is 0.581. The van der Waals surface area contributed by atoms with E-state index in [0.717, 1.165) is 17.0 Å². The molecule has 100 valence electrons. The van der Waals surface area contributed by atoms with Crippen LogP contribution in [0.15, 0.2) is 43.1 Å². The zero-order valence-electron chi connectivity index (χ0n) is 11.3. The Morgan fingerprint density at radius 3 is 2.75 bits per heavy atom. The Bertz CT molecular complexity index is 745. The van der Waals surface area contributed by atoms with Gasteiger partial charge in [0.25, 0.3) is 5.78 Å². The van der Waals surface area contributed by atoms with Gasteiger partial charge in [-0.15, -0.1) is 0 Å². The van der Waals surface area contributed by atoms with Crippen LogP contribution in [-0.4, -0.2) is 43.6 Å². The molecule has 0 atom stereocenters. The molecule has 6 nitrogen and oxygen atoms in total. The molecular formula is C14H14N6. The SMILES string of the molecule is CN(C)C=Cc1cc(-c2ccncc2)n2ncnc2n1. The molecule has 0 aliphatic rings. The Morgan fingerprint density at radius 2 is 2.00 bits per heavy atom. The van der Waals surface area contributed by atoms with Gasteiger partial charge in [-0.25, -0.2) is 4.98 Å². The van der Waals surface area contributed by atoms with E-state index < -0.39 is 0 Å². The van der Waals surface area contributed by atoms with Crippen LogP contribution in [0.2, 0.25) is 0 Å². The molecule has 3 heterocycles. The van der Waals surface area contributed by atoms with Crippen molar-refractivity contribution in [1.29, 1.82) is 0 Å². The summed E-state index contributed by atoms with van der Waals surface area (Å²) in [6, 6.07) is 5.86. The highest BCUT2D eigenvalue weighted by molar-refractivity contribution is 5.64. The molecule has 0 spiro atoms. The highest BCUT2D eigenvalue weighted by Crippen LogP contribution is 2.19. The van der Waals surface area contributed by atoms with Crippen LogP contribution in [0.4, 0.5) is 0 Å². The molecule has 6 heteroatoms. The van der Waals surface area contributed by atoms with Gasteiger partial charge in [-0.3, -0.25) is 4.98 Å². The summed E-state index contributed by atoms with van der Waals surface area (Å²) >= 11 is 0. The van der Waals surface area contributed by atoms with Gasteiger partial charge in [0.15, 0.2) is 0 Å². The minimum Gasteiger partial charge on any atom is -0.383 e. The lowest BCUT2D eigenvalue weighted by Crippen LogP contribution is -2.01. The second kappa shape index (κ2) is 5.08. The molecule has 0 bridgehead atoms. The largest absolute Gasteiger partial charge is 0.383 e. The predicted octanol–water partition coefficient (Wildman–Crippen LogP) is 1.72. The van der Waals surface area contributed by atoms with Gasteiger partial charge in [-0.2, -0.15) is 14.6 Å². The lowest BCUT2D eigenvalue weighted by atomic mass is 10.1. The molecule has 0 aliphatic heterocycles. The van der Waals surface area contributed by atoms with Gasteiger partial charge < -0.3 is 4.90 Å². The number of hydrogen-bond donors (Lipinski definition) is 0. The molecule has 20 heavy (non-hydrogen) atoms. The zero-order chi connectivity index (χ0) is 13.9. The third kappa shape index (κ3) is 2.35. The van der Waals surface area contributed by atoms with E-state index in [1.54, 1.807) is 16.9 Å². The first kappa shape index (κ1) is 12.3. The van der Waals surface area contributed by atoms with Crippen molar-refractivity contribution in [2.24, 2.45) is 0 Å². The van der Waals surface area contributed by atoms with Crippen molar-refractivity contribution in [3.05, 3.63) is 48.8 Å². The Morgan fingerprint density at radius 1 is 1.20 bits per heavy atom. The quantitative estimate of drug-likeness (QED) is 0.722.